The Bertz CT molecular complexity index is 2640. The summed E-state index contributed by atoms with van der Waals surface area (Å²) in [5, 5.41) is 5.31. The number of rotatable bonds is 4. The summed E-state index contributed by atoms with van der Waals surface area (Å²) >= 11 is 0. The van der Waals surface area contributed by atoms with E-state index in [1.807, 2.05) is 0 Å². The zero-order chi connectivity index (χ0) is 41.0. The SMILES string of the molecule is CCCC1=Cc2c(-c3cc4ccccc4c4ccccc34)cccc2C1[C-]1C2=C3Cc4ccccc4C3=C3C=CCCC3(C)C2(C)C(C)(C)C(C)(C)C1(C)C.C[Si]C.[Cl-].[Cl-].[Zr+3]. The van der Waals surface area contributed by atoms with Crippen LogP contribution in [0.1, 0.15) is 116 Å². The van der Waals surface area contributed by atoms with Crippen molar-refractivity contribution in [3.8, 4) is 11.1 Å². The molecule has 0 saturated heterocycles. The Balaban J connectivity index is 0.00000101. The molecular formula is C57H63Cl2SiZr. The normalized spacial score (nSPS) is 24.5. The third-order valence-corrected chi connectivity index (χ3v) is 17.2. The van der Waals surface area contributed by atoms with Crippen molar-refractivity contribution >= 4 is 42.7 Å². The van der Waals surface area contributed by atoms with Gasteiger partial charge in [0, 0.05) is 9.52 Å². The maximum atomic E-state index is 2.72. The van der Waals surface area contributed by atoms with Gasteiger partial charge >= 0.3 is 26.2 Å². The van der Waals surface area contributed by atoms with E-state index in [4.69, 9.17) is 0 Å². The van der Waals surface area contributed by atoms with E-state index in [0.29, 0.717) is 0 Å². The second-order valence-electron chi connectivity index (χ2n) is 20.1. The van der Waals surface area contributed by atoms with Crippen molar-refractivity contribution in [2.24, 2.45) is 27.1 Å². The molecule has 0 spiro atoms. The molecule has 0 bridgehead atoms. The summed E-state index contributed by atoms with van der Waals surface area (Å²) in [5.74, 6) is 1.94. The van der Waals surface area contributed by atoms with E-state index in [1.54, 1.807) is 33.8 Å². The van der Waals surface area contributed by atoms with Gasteiger partial charge in [0.15, 0.2) is 0 Å². The Morgan fingerprint density at radius 1 is 0.705 bits per heavy atom. The fourth-order valence-electron chi connectivity index (χ4n) is 13.0. The fraction of sp³-hybridized carbons (Fsp3) is 0.386. The Morgan fingerprint density at radius 2 is 1.33 bits per heavy atom. The second-order valence-corrected chi connectivity index (χ2v) is 21.1. The molecule has 1 fully saturated rings. The van der Waals surface area contributed by atoms with Gasteiger partial charge in [0.25, 0.3) is 0 Å². The molecule has 0 amide bonds. The molecule has 0 N–H and O–H groups in total. The molecule has 4 heteroatoms. The van der Waals surface area contributed by atoms with E-state index in [-0.39, 0.29) is 84.0 Å². The number of hydrogen-bond acceptors (Lipinski definition) is 0. The quantitative estimate of drug-likeness (QED) is 0.0957. The molecule has 0 heterocycles. The van der Waals surface area contributed by atoms with Gasteiger partial charge in [-0.2, -0.15) is 17.1 Å². The molecule has 5 aliphatic carbocycles. The summed E-state index contributed by atoms with van der Waals surface area (Å²) in [5.41, 5.74) is 16.5. The maximum absolute atomic E-state index is 2.72. The molecule has 5 aliphatic rings. The summed E-state index contributed by atoms with van der Waals surface area (Å²) in [4.78, 5) is 0. The average Bonchev–Trinajstić information content (AvgIpc) is 3.77. The van der Waals surface area contributed by atoms with Gasteiger partial charge in [-0.3, -0.25) is 0 Å². The van der Waals surface area contributed by atoms with Crippen LogP contribution in [0.15, 0.2) is 132 Å². The summed E-state index contributed by atoms with van der Waals surface area (Å²) in [6.07, 6.45) is 13.3. The molecule has 10 rings (SSSR count). The number of fused-ring (bicyclic) bond motifs is 10. The molecule has 3 unspecified atom stereocenters. The summed E-state index contributed by atoms with van der Waals surface area (Å²) in [7, 11) is 1.08. The zero-order valence-electron chi connectivity index (χ0n) is 38.3. The minimum atomic E-state index is -0.0820. The first-order valence-electron chi connectivity index (χ1n) is 22.1. The maximum Gasteiger partial charge on any atom is 3.00 e. The van der Waals surface area contributed by atoms with E-state index >= 15 is 0 Å². The smallest absolute Gasteiger partial charge is 1.00 e. The van der Waals surface area contributed by atoms with Gasteiger partial charge in [-0.1, -0.05) is 225 Å². The molecule has 0 aliphatic heterocycles. The van der Waals surface area contributed by atoms with Crippen molar-refractivity contribution in [1.82, 2.24) is 0 Å². The van der Waals surface area contributed by atoms with Gasteiger partial charge in [0.2, 0.25) is 0 Å². The third kappa shape index (κ3) is 6.37. The van der Waals surface area contributed by atoms with Crippen LogP contribution in [0.4, 0.5) is 0 Å². The van der Waals surface area contributed by atoms with Crippen molar-refractivity contribution in [2.75, 3.05) is 0 Å². The van der Waals surface area contributed by atoms with Crippen LogP contribution in [0.5, 0.6) is 0 Å². The zero-order valence-corrected chi connectivity index (χ0v) is 43.3. The number of hydrogen-bond donors (Lipinski definition) is 0. The predicted molar refractivity (Wildman–Crippen MR) is 253 cm³/mol. The van der Waals surface area contributed by atoms with Gasteiger partial charge in [-0.05, 0) is 102 Å². The number of halogens is 2. The van der Waals surface area contributed by atoms with E-state index < -0.39 is 0 Å². The number of allylic oxidation sites excluding steroid dienone is 7. The van der Waals surface area contributed by atoms with Crippen LogP contribution in [-0.2, 0) is 32.6 Å². The standard InChI is InChI=1S/C55H57.C2H6Si.2ClH.Zr/c1-10-20-36-33-44-41(43-31-34-21-11-13-23-37(34)39-25-15-16-26-40(39)43)27-19-28-42(44)47(36)50-49-45-32-35-22-12-14-24-38(35)48(45)46-29-17-18-30-54(46,8)55(49,9)53(6,7)52(4,5)51(50,2)3;1-3-2;;;/h11-17,19,21-29,31,33,47H,10,18,20,30,32H2,1-9H3;1-2H3;2*1H;/q-1;;;;+3/p-2. The molecule has 313 valence electrons. The van der Waals surface area contributed by atoms with Crippen molar-refractivity contribution in [3.63, 3.8) is 0 Å². The van der Waals surface area contributed by atoms with Crippen molar-refractivity contribution in [3.05, 3.63) is 160 Å². The first-order chi connectivity index (χ1) is 27.7. The van der Waals surface area contributed by atoms with Gasteiger partial charge in [-0.15, -0.1) is 0 Å². The Hall–Kier alpha value is -2.87. The van der Waals surface area contributed by atoms with Gasteiger partial charge < -0.3 is 24.8 Å². The molecule has 1 saturated carbocycles. The van der Waals surface area contributed by atoms with Crippen LogP contribution in [0, 0.1) is 33.0 Å². The van der Waals surface area contributed by atoms with E-state index in [2.05, 4.69) is 191 Å². The molecule has 5 aromatic carbocycles. The van der Waals surface area contributed by atoms with Gasteiger partial charge in [-0.25, -0.2) is 0 Å². The summed E-state index contributed by atoms with van der Waals surface area (Å²) in [6, 6.07) is 37.1. The average molecular weight is 938 g/mol. The summed E-state index contributed by atoms with van der Waals surface area (Å²) in [6.45, 7) is 27.9. The molecule has 0 nitrogen and oxygen atoms in total. The van der Waals surface area contributed by atoms with E-state index in [9.17, 15) is 0 Å². The Morgan fingerprint density at radius 3 is 2.03 bits per heavy atom. The van der Waals surface area contributed by atoms with Crippen LogP contribution in [0.2, 0.25) is 13.1 Å². The Labute approximate surface area is 402 Å². The van der Waals surface area contributed by atoms with Crippen molar-refractivity contribution in [1.29, 1.82) is 0 Å². The van der Waals surface area contributed by atoms with Crippen LogP contribution in [-0.4, -0.2) is 9.52 Å². The topological polar surface area (TPSA) is 0 Å². The minimum Gasteiger partial charge on any atom is -1.00 e. The molecule has 3 atom stereocenters. The second kappa shape index (κ2) is 16.9. The van der Waals surface area contributed by atoms with Crippen LogP contribution < -0.4 is 24.8 Å². The predicted octanol–water partition coefficient (Wildman–Crippen LogP) is 10.1. The van der Waals surface area contributed by atoms with Gasteiger partial charge in [0.1, 0.15) is 0 Å². The minimum absolute atomic E-state index is 0. The molecule has 0 aromatic heterocycles. The van der Waals surface area contributed by atoms with Crippen LogP contribution >= 0.6 is 0 Å². The first-order valence-corrected chi connectivity index (χ1v) is 24.1. The molecule has 61 heavy (non-hydrogen) atoms. The van der Waals surface area contributed by atoms with E-state index in [0.717, 1.165) is 35.2 Å². The monoisotopic (exact) mass is 935 g/mol. The first kappa shape index (κ1) is 47.6. The number of benzene rings is 5. The third-order valence-electron chi connectivity index (χ3n) is 17.2. The van der Waals surface area contributed by atoms with Crippen LogP contribution in [0.3, 0.4) is 0 Å². The van der Waals surface area contributed by atoms with Crippen molar-refractivity contribution in [2.45, 2.75) is 113 Å². The van der Waals surface area contributed by atoms with Crippen LogP contribution in [0.25, 0.3) is 44.3 Å². The largest absolute Gasteiger partial charge is 3.00 e. The molecule has 3 radical (unpaired) electrons. The summed E-state index contributed by atoms with van der Waals surface area (Å²) < 4.78 is 0. The fourth-order valence-corrected chi connectivity index (χ4v) is 13.0. The van der Waals surface area contributed by atoms with Crippen molar-refractivity contribution < 1.29 is 51.0 Å². The van der Waals surface area contributed by atoms with Gasteiger partial charge in [0.05, 0.1) is 0 Å². The van der Waals surface area contributed by atoms with E-state index in [1.165, 1.54) is 61.3 Å². The molecule has 5 aromatic rings. The molecular weight excluding hydrogens is 875 g/mol. The Kier molecular flexibility index (Phi) is 13.2.